The van der Waals surface area contributed by atoms with Gasteiger partial charge >= 0.3 is 11.9 Å². The van der Waals surface area contributed by atoms with Crippen LogP contribution in [-0.2, 0) is 16.0 Å². The molecule has 0 saturated carbocycles. The van der Waals surface area contributed by atoms with Crippen molar-refractivity contribution in [3.8, 4) is 0 Å². The lowest BCUT2D eigenvalue weighted by molar-refractivity contribution is -0.134. The van der Waals surface area contributed by atoms with Crippen molar-refractivity contribution in [1.29, 1.82) is 0 Å². The van der Waals surface area contributed by atoms with Gasteiger partial charge in [-0.2, -0.15) is 4.98 Å². The van der Waals surface area contributed by atoms with Gasteiger partial charge in [-0.15, -0.1) is 11.3 Å². The Balaban J connectivity index is 0.000000406. The molecule has 0 radical (unpaired) electrons. The molecule has 4 heterocycles. The number of thiophene rings is 1. The maximum Gasteiger partial charge on any atom is 0.328 e. The maximum absolute atomic E-state index is 12.9. The molecule has 0 bridgehead atoms. The first-order valence-corrected chi connectivity index (χ1v) is 14.4. The lowest BCUT2D eigenvalue weighted by atomic mass is 10.2. The second kappa shape index (κ2) is 13.8. The van der Waals surface area contributed by atoms with Crippen LogP contribution in [0.5, 0.6) is 0 Å². The first kappa shape index (κ1) is 29.6. The molecule has 0 atom stereocenters. The molecule has 3 aromatic rings. The van der Waals surface area contributed by atoms with E-state index < -0.39 is 11.9 Å². The molecular weight excluding hydrogens is 556 g/mol. The molecule has 40 heavy (non-hydrogen) atoms. The maximum atomic E-state index is 12.9. The number of aliphatic carboxylic acids is 2. The molecule has 2 aliphatic rings. The number of hydrogen-bond donors (Lipinski definition) is 2. The molecule has 5 rings (SSSR count). The predicted octanol–water partition coefficient (Wildman–Crippen LogP) is 4.55. The van der Waals surface area contributed by atoms with Gasteiger partial charge in [0.05, 0.1) is 5.56 Å². The molecule has 10 nitrogen and oxygen atoms in total. The monoisotopic (exact) mass is 588 g/mol. The number of fused-ring (bicyclic) bond motifs is 2. The first-order chi connectivity index (χ1) is 19.2. The zero-order valence-corrected chi connectivity index (χ0v) is 23.9. The Morgan fingerprint density at radius 3 is 2.45 bits per heavy atom. The molecule has 2 N–H and O–H groups in total. The Morgan fingerprint density at radius 2 is 1.75 bits per heavy atom. The summed E-state index contributed by atoms with van der Waals surface area (Å²) in [7, 11) is 0. The van der Waals surface area contributed by atoms with E-state index in [1.165, 1.54) is 9.75 Å². The molecular formula is C28H33ClN4O6S. The van der Waals surface area contributed by atoms with Crippen molar-refractivity contribution < 1.29 is 29.0 Å². The molecule has 1 saturated heterocycles. The lowest BCUT2D eigenvalue weighted by Crippen LogP contribution is -2.46. The topological polar surface area (TPSA) is 127 Å². The Kier molecular flexibility index (Phi) is 10.2. The number of carbonyl (C=O) groups is 3. The number of benzene rings is 1. The van der Waals surface area contributed by atoms with E-state index in [-0.39, 0.29) is 5.91 Å². The van der Waals surface area contributed by atoms with Gasteiger partial charge in [-0.05, 0) is 63.4 Å². The number of oxazole rings is 1. The Bertz CT molecular complexity index is 1360. The van der Waals surface area contributed by atoms with Gasteiger partial charge in [0.15, 0.2) is 5.58 Å². The fourth-order valence-electron chi connectivity index (χ4n) is 4.81. The molecule has 1 amide bonds. The Labute approximate surface area is 241 Å². The number of nitrogens with zero attached hydrogens (tertiary/aromatic N) is 4. The van der Waals surface area contributed by atoms with E-state index in [2.05, 4.69) is 32.7 Å². The number of hydrogen-bond acceptors (Lipinski definition) is 8. The molecule has 12 heteroatoms. The highest BCUT2D eigenvalue weighted by atomic mass is 35.5. The summed E-state index contributed by atoms with van der Waals surface area (Å²) >= 11 is 7.84. The van der Waals surface area contributed by atoms with E-state index in [4.69, 9.17) is 26.2 Å². The van der Waals surface area contributed by atoms with Crippen molar-refractivity contribution in [1.82, 2.24) is 14.8 Å². The van der Waals surface area contributed by atoms with Crippen LogP contribution in [-0.4, -0.2) is 88.7 Å². The van der Waals surface area contributed by atoms with E-state index in [0.717, 1.165) is 88.2 Å². The predicted molar refractivity (Wildman–Crippen MR) is 155 cm³/mol. The summed E-state index contributed by atoms with van der Waals surface area (Å²) in [6.07, 6.45) is 5.39. The molecule has 214 valence electrons. The van der Waals surface area contributed by atoms with E-state index in [9.17, 15) is 14.4 Å². The van der Waals surface area contributed by atoms with Gasteiger partial charge in [0, 0.05) is 66.2 Å². The summed E-state index contributed by atoms with van der Waals surface area (Å²) in [5, 5.41) is 16.3. The van der Waals surface area contributed by atoms with Crippen LogP contribution in [0.25, 0.3) is 11.1 Å². The zero-order valence-electron chi connectivity index (χ0n) is 22.3. The van der Waals surface area contributed by atoms with Gasteiger partial charge in [-0.25, -0.2) is 9.59 Å². The van der Waals surface area contributed by atoms with Crippen molar-refractivity contribution in [3.05, 3.63) is 56.8 Å². The number of rotatable bonds is 8. The number of carboxylic acids is 2. The smallest absolute Gasteiger partial charge is 0.328 e. The lowest BCUT2D eigenvalue weighted by Gasteiger charge is -2.33. The minimum absolute atomic E-state index is 0.232. The molecule has 0 aliphatic carbocycles. The van der Waals surface area contributed by atoms with Crippen LogP contribution >= 0.6 is 22.9 Å². The first-order valence-electron chi connectivity index (χ1n) is 13.3. The van der Waals surface area contributed by atoms with Crippen LogP contribution in [0.3, 0.4) is 0 Å². The van der Waals surface area contributed by atoms with Crippen LogP contribution in [0, 0.1) is 6.92 Å². The summed E-state index contributed by atoms with van der Waals surface area (Å²) in [5.74, 6) is -2.28. The van der Waals surface area contributed by atoms with Crippen LogP contribution in [0.4, 0.5) is 6.01 Å². The van der Waals surface area contributed by atoms with Crippen LogP contribution in [0.2, 0.25) is 5.02 Å². The minimum atomic E-state index is -1.26. The molecule has 2 aliphatic heterocycles. The highest BCUT2D eigenvalue weighted by Crippen LogP contribution is 2.28. The van der Waals surface area contributed by atoms with Gasteiger partial charge in [0.25, 0.3) is 11.9 Å². The third kappa shape index (κ3) is 8.06. The number of unbranched alkanes of at least 4 members (excludes halogenated alkanes) is 1. The fraction of sp³-hybridized carbons (Fsp3) is 0.429. The number of carboxylic acid groups (broad SMARTS) is 2. The van der Waals surface area contributed by atoms with E-state index in [1.807, 2.05) is 18.2 Å². The summed E-state index contributed by atoms with van der Waals surface area (Å²) in [6.45, 7) is 8.72. The van der Waals surface area contributed by atoms with Crippen molar-refractivity contribution >= 4 is 57.9 Å². The van der Waals surface area contributed by atoms with Crippen molar-refractivity contribution in [2.45, 2.75) is 32.6 Å². The molecule has 1 aromatic carbocycles. The van der Waals surface area contributed by atoms with Gasteiger partial charge in [0.2, 0.25) is 0 Å². The third-order valence-electron chi connectivity index (χ3n) is 6.78. The molecule has 0 spiro atoms. The fourth-order valence-corrected chi connectivity index (χ4v) is 6.05. The molecule has 1 fully saturated rings. The number of aryl methyl sites for hydroxylation is 2. The normalized spacial score (nSPS) is 16.1. The number of amides is 1. The third-order valence-corrected chi connectivity index (χ3v) is 8.13. The van der Waals surface area contributed by atoms with Crippen molar-refractivity contribution in [2.24, 2.45) is 0 Å². The number of carbonyl (C=O) groups excluding carboxylic acids is 1. The average Bonchev–Trinajstić information content (AvgIpc) is 3.48. The highest BCUT2D eigenvalue weighted by Gasteiger charge is 2.24. The standard InChI is InChI=1S/C24H29ClN4O2S.C4H4O4/c1-17-15-19-22(32-17)5-4-10-28(23(19)30)9-3-2-8-27-11-13-29(14-12-27)24-26-20-16-18(25)6-7-21(20)31-24;5-3(6)1-2-4(7)8/h6-7,15-16H,2-5,8-14H2,1H3;1-2H,(H,5,6)(H,7,8). The largest absolute Gasteiger partial charge is 0.478 e. The summed E-state index contributed by atoms with van der Waals surface area (Å²) in [6, 6.07) is 8.31. The Morgan fingerprint density at radius 1 is 1.05 bits per heavy atom. The van der Waals surface area contributed by atoms with Crippen LogP contribution in [0.1, 0.15) is 39.4 Å². The number of piperazine rings is 1. The van der Waals surface area contributed by atoms with E-state index >= 15 is 0 Å². The second-order valence-electron chi connectivity index (χ2n) is 9.74. The number of anilines is 1. The van der Waals surface area contributed by atoms with Gasteiger partial charge in [0.1, 0.15) is 5.52 Å². The van der Waals surface area contributed by atoms with Crippen LogP contribution < -0.4 is 4.90 Å². The highest BCUT2D eigenvalue weighted by molar-refractivity contribution is 7.12. The number of halogens is 1. The summed E-state index contributed by atoms with van der Waals surface area (Å²) in [4.78, 5) is 45.9. The SMILES string of the molecule is Cc1cc2c(s1)CCCN(CCCCN1CCN(c3nc4cc(Cl)ccc4o3)CC1)C2=O.O=C(O)C=CC(=O)O. The van der Waals surface area contributed by atoms with Gasteiger partial charge in [-0.3, -0.25) is 9.69 Å². The van der Waals surface area contributed by atoms with E-state index in [0.29, 0.717) is 23.2 Å². The quantitative estimate of drug-likeness (QED) is 0.288. The van der Waals surface area contributed by atoms with Gasteiger partial charge in [-0.1, -0.05) is 11.6 Å². The summed E-state index contributed by atoms with van der Waals surface area (Å²) in [5.41, 5.74) is 2.53. The minimum Gasteiger partial charge on any atom is -0.478 e. The van der Waals surface area contributed by atoms with Crippen molar-refractivity contribution in [2.75, 3.05) is 50.7 Å². The van der Waals surface area contributed by atoms with Crippen LogP contribution in [0.15, 0.2) is 40.8 Å². The average molecular weight is 589 g/mol. The number of aromatic nitrogens is 1. The second-order valence-corrected chi connectivity index (χ2v) is 11.5. The zero-order chi connectivity index (χ0) is 28.6. The molecule has 2 aromatic heterocycles. The Hall–Kier alpha value is -3.41. The molecule has 0 unspecified atom stereocenters. The van der Waals surface area contributed by atoms with Gasteiger partial charge < -0.3 is 24.4 Å². The summed E-state index contributed by atoms with van der Waals surface area (Å²) < 4.78 is 5.91. The van der Waals surface area contributed by atoms with Crippen molar-refractivity contribution in [3.63, 3.8) is 0 Å². The van der Waals surface area contributed by atoms with E-state index in [1.54, 1.807) is 11.3 Å².